The van der Waals surface area contributed by atoms with Crippen LogP contribution in [0.5, 0.6) is 0 Å². The molecule has 2 aromatic heterocycles. The van der Waals surface area contributed by atoms with Gasteiger partial charge in [-0.2, -0.15) is 4.98 Å². The lowest BCUT2D eigenvalue weighted by Gasteiger charge is -2.34. The highest BCUT2D eigenvalue weighted by molar-refractivity contribution is 5.78. The van der Waals surface area contributed by atoms with E-state index in [2.05, 4.69) is 37.6 Å². The van der Waals surface area contributed by atoms with Gasteiger partial charge in [-0.3, -0.25) is 9.36 Å². The zero-order chi connectivity index (χ0) is 28.5. The molecule has 6 rings (SSSR count). The summed E-state index contributed by atoms with van der Waals surface area (Å²) >= 11 is 0. The molecule has 41 heavy (non-hydrogen) atoms. The van der Waals surface area contributed by atoms with Crippen LogP contribution < -0.4 is 21.3 Å². The van der Waals surface area contributed by atoms with Crippen LogP contribution in [0, 0.1) is 23.4 Å². The first-order chi connectivity index (χ1) is 19.9. The minimum absolute atomic E-state index is 0.115. The summed E-state index contributed by atoms with van der Waals surface area (Å²) in [7, 11) is 0. The molecule has 1 aliphatic heterocycles. The molecule has 0 unspecified atom stereocenters. The molecule has 0 spiro atoms. The topological polar surface area (TPSA) is 114 Å². The van der Waals surface area contributed by atoms with Crippen molar-refractivity contribution in [2.24, 2.45) is 11.7 Å². The van der Waals surface area contributed by atoms with Crippen LogP contribution in [-0.2, 0) is 4.79 Å². The largest absolute Gasteiger partial charge is 0.369 e. The molecule has 3 heterocycles. The molecule has 4 N–H and O–H groups in total. The molecule has 0 bridgehead atoms. The minimum Gasteiger partial charge on any atom is -0.369 e. The summed E-state index contributed by atoms with van der Waals surface area (Å²) in [5, 5.41) is 6.19. The fourth-order valence-electron chi connectivity index (χ4n) is 5.94. The van der Waals surface area contributed by atoms with E-state index in [1.807, 2.05) is 18.2 Å². The maximum Gasteiger partial charge on any atom is 0.225 e. The number of anilines is 4. The molecule has 12 heteroatoms. The molecule has 1 aliphatic carbocycles. The number of hydrogen-bond acceptors (Lipinski definition) is 7. The first-order valence-electron chi connectivity index (χ1n) is 13.9. The Morgan fingerprint density at radius 1 is 0.976 bits per heavy atom. The second-order valence-corrected chi connectivity index (χ2v) is 10.8. The number of fused-ring (bicyclic) bond motifs is 1. The van der Waals surface area contributed by atoms with Crippen molar-refractivity contribution in [3.8, 4) is 0 Å². The van der Waals surface area contributed by atoms with Crippen molar-refractivity contribution >= 4 is 40.3 Å². The second kappa shape index (κ2) is 11.3. The summed E-state index contributed by atoms with van der Waals surface area (Å²) < 4.78 is 44.5. The summed E-state index contributed by atoms with van der Waals surface area (Å²) in [5.41, 5.74) is 7.12. The summed E-state index contributed by atoms with van der Waals surface area (Å²) in [6.07, 6.45) is 5.90. The third kappa shape index (κ3) is 5.63. The van der Waals surface area contributed by atoms with Gasteiger partial charge in [0.05, 0.1) is 6.20 Å². The van der Waals surface area contributed by atoms with Gasteiger partial charge in [0.1, 0.15) is 17.0 Å². The van der Waals surface area contributed by atoms with Gasteiger partial charge in [-0.1, -0.05) is 18.2 Å². The van der Waals surface area contributed by atoms with Crippen molar-refractivity contribution in [2.45, 2.75) is 50.6 Å². The SMILES string of the molecule is NC(=O)[C@H]1CC[C@@H](n2c(Nc3c(F)cc(F)cc3F)nc3cnc(N[C@@H]4CCCN(c5ccccc5)C4)nc32)CC1. The van der Waals surface area contributed by atoms with Gasteiger partial charge in [0, 0.05) is 48.9 Å². The van der Waals surface area contributed by atoms with Gasteiger partial charge in [0.15, 0.2) is 17.3 Å². The molecule has 4 aromatic rings. The van der Waals surface area contributed by atoms with E-state index < -0.39 is 23.1 Å². The van der Waals surface area contributed by atoms with Gasteiger partial charge in [0.25, 0.3) is 0 Å². The Morgan fingerprint density at radius 3 is 2.41 bits per heavy atom. The third-order valence-electron chi connectivity index (χ3n) is 8.02. The zero-order valence-corrected chi connectivity index (χ0v) is 22.4. The minimum atomic E-state index is -1.08. The number of para-hydroxylation sites is 1. The van der Waals surface area contributed by atoms with Crippen molar-refractivity contribution < 1.29 is 18.0 Å². The highest BCUT2D eigenvalue weighted by Gasteiger charge is 2.30. The number of hydrogen-bond donors (Lipinski definition) is 3. The first-order valence-corrected chi connectivity index (χ1v) is 13.9. The van der Waals surface area contributed by atoms with E-state index in [4.69, 9.17) is 10.7 Å². The number of aromatic nitrogens is 4. The van der Waals surface area contributed by atoms with Crippen molar-refractivity contribution in [1.29, 1.82) is 0 Å². The van der Waals surface area contributed by atoms with E-state index in [-0.39, 0.29) is 29.9 Å². The molecule has 1 amide bonds. The fraction of sp³-hybridized carbons (Fsp3) is 0.379. The molecule has 1 saturated carbocycles. The van der Waals surface area contributed by atoms with E-state index in [0.717, 1.165) is 31.6 Å². The monoisotopic (exact) mass is 564 g/mol. The number of rotatable bonds is 7. The second-order valence-electron chi connectivity index (χ2n) is 10.8. The van der Waals surface area contributed by atoms with Gasteiger partial charge in [-0.15, -0.1) is 0 Å². The van der Waals surface area contributed by atoms with Crippen LogP contribution in [0.1, 0.15) is 44.6 Å². The number of benzene rings is 2. The maximum absolute atomic E-state index is 14.6. The van der Waals surface area contributed by atoms with E-state index in [1.54, 1.807) is 10.8 Å². The number of amides is 1. The Morgan fingerprint density at radius 2 is 1.71 bits per heavy atom. The van der Waals surface area contributed by atoms with Gasteiger partial charge < -0.3 is 21.3 Å². The Labute approximate surface area is 235 Å². The van der Waals surface area contributed by atoms with E-state index >= 15 is 0 Å². The molecule has 214 valence electrons. The number of primary amides is 1. The van der Waals surface area contributed by atoms with E-state index in [1.165, 1.54) is 0 Å². The standard InChI is InChI=1S/C29H31F3N8O/c30-18-13-22(31)25(23(32)14-18)37-29-36-24-15-34-28(35-19-5-4-12-39(16-19)20-6-2-1-3-7-20)38-27(24)40(29)21-10-8-17(9-11-21)26(33)41/h1-3,6-7,13-15,17,19,21H,4-5,8-12,16H2,(H2,33,41)(H,36,37)(H,34,35,38)/t17-,19-,21+/m1/s1. The summed E-state index contributed by atoms with van der Waals surface area (Å²) in [6, 6.07) is 11.4. The number of nitrogens with two attached hydrogens (primary N) is 1. The van der Waals surface area contributed by atoms with Crippen LogP contribution in [0.25, 0.3) is 11.2 Å². The van der Waals surface area contributed by atoms with Crippen LogP contribution in [0.4, 0.5) is 36.4 Å². The Kier molecular flexibility index (Phi) is 7.38. The number of halogens is 3. The molecular formula is C29H31F3N8O. The van der Waals surface area contributed by atoms with Crippen LogP contribution in [0.15, 0.2) is 48.7 Å². The number of imidazole rings is 1. The maximum atomic E-state index is 14.6. The van der Waals surface area contributed by atoms with Crippen LogP contribution in [-0.4, -0.2) is 44.6 Å². The molecule has 1 saturated heterocycles. The van der Waals surface area contributed by atoms with Crippen LogP contribution in [0.2, 0.25) is 0 Å². The van der Waals surface area contributed by atoms with Crippen LogP contribution in [0.3, 0.4) is 0 Å². The molecule has 0 radical (unpaired) electrons. The lowest BCUT2D eigenvalue weighted by atomic mass is 9.85. The van der Waals surface area contributed by atoms with Crippen LogP contribution >= 0.6 is 0 Å². The summed E-state index contributed by atoms with van der Waals surface area (Å²) in [6.45, 7) is 1.76. The lowest BCUT2D eigenvalue weighted by Crippen LogP contribution is -2.42. The quantitative estimate of drug-likeness (QED) is 0.280. The first kappa shape index (κ1) is 26.9. The molecule has 2 aromatic carbocycles. The highest BCUT2D eigenvalue weighted by Crippen LogP contribution is 2.37. The molecule has 9 nitrogen and oxygen atoms in total. The van der Waals surface area contributed by atoms with Gasteiger partial charge >= 0.3 is 0 Å². The number of carbonyl (C=O) groups is 1. The average molecular weight is 565 g/mol. The summed E-state index contributed by atoms with van der Waals surface area (Å²) in [5.74, 6) is -3.14. The van der Waals surface area contributed by atoms with E-state index in [0.29, 0.717) is 54.9 Å². The fourth-order valence-corrected chi connectivity index (χ4v) is 5.94. The van der Waals surface area contributed by atoms with Crippen molar-refractivity contribution in [2.75, 3.05) is 28.6 Å². The number of carbonyl (C=O) groups excluding carboxylic acids is 1. The van der Waals surface area contributed by atoms with Crippen molar-refractivity contribution in [3.63, 3.8) is 0 Å². The van der Waals surface area contributed by atoms with Gasteiger partial charge in [-0.05, 0) is 50.7 Å². The van der Waals surface area contributed by atoms with Crippen molar-refractivity contribution in [3.05, 3.63) is 66.1 Å². The normalized spacial score (nSPS) is 21.1. The molecular weight excluding hydrogens is 533 g/mol. The zero-order valence-electron chi connectivity index (χ0n) is 22.4. The average Bonchev–Trinajstić information content (AvgIpc) is 3.33. The number of nitrogens with one attached hydrogen (secondary N) is 2. The van der Waals surface area contributed by atoms with Crippen molar-refractivity contribution in [1.82, 2.24) is 19.5 Å². The van der Waals surface area contributed by atoms with E-state index in [9.17, 15) is 18.0 Å². The lowest BCUT2D eigenvalue weighted by molar-refractivity contribution is -0.122. The predicted octanol–water partition coefficient (Wildman–Crippen LogP) is 5.28. The number of piperidine rings is 1. The molecule has 2 fully saturated rings. The summed E-state index contributed by atoms with van der Waals surface area (Å²) in [4.78, 5) is 27.9. The number of nitrogens with zero attached hydrogens (tertiary/aromatic N) is 5. The van der Waals surface area contributed by atoms with Gasteiger partial charge in [-0.25, -0.2) is 23.1 Å². The molecule has 2 aliphatic rings. The molecule has 1 atom stereocenters. The Bertz CT molecular complexity index is 1530. The third-order valence-corrected chi connectivity index (χ3v) is 8.02. The Balaban J connectivity index is 1.31. The predicted molar refractivity (Wildman–Crippen MR) is 150 cm³/mol. The smallest absolute Gasteiger partial charge is 0.225 e. The Hall–Kier alpha value is -4.35. The van der Waals surface area contributed by atoms with Gasteiger partial charge in [0.2, 0.25) is 17.8 Å². The highest BCUT2D eigenvalue weighted by atomic mass is 19.1.